The van der Waals surface area contributed by atoms with E-state index in [9.17, 15) is 9.50 Å². The molecule has 2 aromatic rings. The van der Waals surface area contributed by atoms with Gasteiger partial charge in [-0.25, -0.2) is 4.39 Å². The van der Waals surface area contributed by atoms with Crippen molar-refractivity contribution in [1.82, 2.24) is 10.2 Å². The molecule has 0 spiro atoms. The molecule has 0 amide bonds. The van der Waals surface area contributed by atoms with Crippen LogP contribution in [-0.2, 0) is 6.42 Å². The minimum absolute atomic E-state index is 0.136. The predicted molar refractivity (Wildman–Crippen MR) is 118 cm³/mol. The molecule has 2 aliphatic heterocycles. The van der Waals surface area contributed by atoms with Gasteiger partial charge in [0.2, 0.25) is 0 Å². The Kier molecular flexibility index (Phi) is 5.34. The molecular weight excluding hydrogens is 379 g/mol. The van der Waals surface area contributed by atoms with Crippen LogP contribution in [0.2, 0.25) is 0 Å². The Morgan fingerprint density at radius 3 is 2.77 bits per heavy atom. The zero-order chi connectivity index (χ0) is 20.5. The normalized spacial score (nSPS) is 25.1. The molecule has 0 aromatic heterocycles. The lowest BCUT2D eigenvalue weighted by molar-refractivity contribution is 0.264. The molecule has 2 aromatic carbocycles. The number of rotatable bonds is 4. The van der Waals surface area contributed by atoms with Gasteiger partial charge in [0.15, 0.2) is 0 Å². The number of aromatic hydroxyl groups is 1. The number of amidine groups is 1. The molecule has 2 atom stereocenters. The van der Waals surface area contributed by atoms with Crippen molar-refractivity contribution in [1.29, 1.82) is 0 Å². The topological polar surface area (TPSA) is 51.1 Å². The minimum Gasteiger partial charge on any atom is -0.508 e. The van der Waals surface area contributed by atoms with Crippen LogP contribution in [0.5, 0.6) is 5.75 Å². The van der Waals surface area contributed by atoms with E-state index in [0.717, 1.165) is 64.4 Å². The van der Waals surface area contributed by atoms with Crippen LogP contribution in [0, 0.1) is 5.82 Å². The van der Waals surface area contributed by atoms with Crippen molar-refractivity contribution in [2.24, 2.45) is 4.99 Å². The first kappa shape index (κ1) is 19.4. The van der Waals surface area contributed by atoms with Crippen molar-refractivity contribution in [3.05, 3.63) is 59.4 Å². The summed E-state index contributed by atoms with van der Waals surface area (Å²) in [4.78, 5) is 9.42. The van der Waals surface area contributed by atoms with E-state index in [1.165, 1.54) is 17.2 Å². The van der Waals surface area contributed by atoms with Gasteiger partial charge in [-0.3, -0.25) is 9.89 Å². The summed E-state index contributed by atoms with van der Waals surface area (Å²) in [5.41, 5.74) is 3.36. The van der Waals surface area contributed by atoms with Crippen LogP contribution in [0.3, 0.4) is 0 Å². The number of hydrogen-bond acceptors (Lipinski definition) is 4. The van der Waals surface area contributed by atoms with Gasteiger partial charge in [-0.15, -0.1) is 0 Å². The van der Waals surface area contributed by atoms with Crippen LogP contribution >= 0.6 is 0 Å². The number of aryl methyl sites for hydroxylation is 1. The number of fused-ring (bicyclic) bond motifs is 3. The van der Waals surface area contributed by atoms with Crippen molar-refractivity contribution in [2.75, 3.05) is 44.2 Å². The molecule has 30 heavy (non-hydrogen) atoms. The third-order valence-electron chi connectivity index (χ3n) is 6.79. The van der Waals surface area contributed by atoms with Gasteiger partial charge in [0.25, 0.3) is 0 Å². The fourth-order valence-corrected chi connectivity index (χ4v) is 5.16. The SMILES string of the molecule is Oc1ccc2c(c1)CCC1NC(=NCCN3CCN(c4ccccc4F)CC3)C[C@H]21. The molecule has 2 heterocycles. The number of anilines is 1. The molecule has 0 saturated carbocycles. The van der Waals surface area contributed by atoms with E-state index in [1.807, 2.05) is 18.2 Å². The van der Waals surface area contributed by atoms with E-state index >= 15 is 0 Å². The number of aliphatic imine (C=N–C) groups is 1. The Hall–Kier alpha value is -2.60. The second-order valence-electron chi connectivity index (χ2n) is 8.59. The van der Waals surface area contributed by atoms with Gasteiger partial charge >= 0.3 is 0 Å². The summed E-state index contributed by atoms with van der Waals surface area (Å²) in [7, 11) is 0. The molecular formula is C24H29FN4O. The molecule has 1 aliphatic carbocycles. The molecule has 0 bridgehead atoms. The Bertz CT molecular complexity index is 939. The zero-order valence-electron chi connectivity index (χ0n) is 17.2. The number of piperazine rings is 1. The van der Waals surface area contributed by atoms with Crippen molar-refractivity contribution in [3.63, 3.8) is 0 Å². The van der Waals surface area contributed by atoms with Crippen LogP contribution in [0.25, 0.3) is 0 Å². The molecule has 1 unspecified atom stereocenters. The average molecular weight is 409 g/mol. The monoisotopic (exact) mass is 408 g/mol. The Balaban J connectivity index is 1.13. The first-order valence-corrected chi connectivity index (χ1v) is 11.0. The Labute approximate surface area is 177 Å². The predicted octanol–water partition coefficient (Wildman–Crippen LogP) is 3.14. The van der Waals surface area contributed by atoms with Gasteiger partial charge in [-0.05, 0) is 48.2 Å². The second kappa shape index (κ2) is 8.26. The fraction of sp³-hybridized carbons (Fsp3) is 0.458. The third-order valence-corrected chi connectivity index (χ3v) is 6.79. The molecule has 6 heteroatoms. The number of phenols is 1. The summed E-state index contributed by atoms with van der Waals surface area (Å²) in [5.74, 6) is 1.82. The number of halogens is 1. The fourth-order valence-electron chi connectivity index (χ4n) is 5.16. The highest BCUT2D eigenvalue weighted by atomic mass is 19.1. The Morgan fingerprint density at radius 1 is 1.10 bits per heavy atom. The summed E-state index contributed by atoms with van der Waals surface area (Å²) in [5, 5.41) is 13.4. The van der Waals surface area contributed by atoms with Gasteiger partial charge in [0, 0.05) is 51.1 Å². The maximum absolute atomic E-state index is 14.0. The first-order valence-electron chi connectivity index (χ1n) is 11.0. The molecule has 2 saturated heterocycles. The number of benzene rings is 2. The third kappa shape index (κ3) is 3.88. The number of nitrogens with one attached hydrogen (secondary N) is 1. The van der Waals surface area contributed by atoms with E-state index in [0.29, 0.717) is 23.4 Å². The van der Waals surface area contributed by atoms with Crippen molar-refractivity contribution in [3.8, 4) is 5.75 Å². The highest BCUT2D eigenvalue weighted by Gasteiger charge is 2.36. The van der Waals surface area contributed by atoms with Crippen LogP contribution in [0.4, 0.5) is 10.1 Å². The van der Waals surface area contributed by atoms with Gasteiger partial charge in [-0.1, -0.05) is 18.2 Å². The molecule has 2 fully saturated rings. The highest BCUT2D eigenvalue weighted by molar-refractivity contribution is 5.86. The molecule has 5 rings (SSSR count). The molecule has 5 nitrogen and oxygen atoms in total. The lowest BCUT2D eigenvalue weighted by Gasteiger charge is -2.36. The van der Waals surface area contributed by atoms with E-state index in [1.54, 1.807) is 12.1 Å². The van der Waals surface area contributed by atoms with Crippen molar-refractivity contribution in [2.45, 2.75) is 31.2 Å². The number of nitrogens with zero attached hydrogens (tertiary/aromatic N) is 3. The molecule has 0 radical (unpaired) electrons. The lowest BCUT2D eigenvalue weighted by atomic mass is 9.80. The summed E-state index contributed by atoms with van der Waals surface area (Å²) in [6.07, 6.45) is 3.07. The van der Waals surface area contributed by atoms with Gasteiger partial charge in [0.05, 0.1) is 18.1 Å². The zero-order valence-corrected chi connectivity index (χ0v) is 17.2. The van der Waals surface area contributed by atoms with E-state index in [-0.39, 0.29) is 5.82 Å². The Morgan fingerprint density at radius 2 is 1.93 bits per heavy atom. The second-order valence-corrected chi connectivity index (χ2v) is 8.59. The van der Waals surface area contributed by atoms with Crippen molar-refractivity contribution < 1.29 is 9.50 Å². The maximum Gasteiger partial charge on any atom is 0.146 e. The summed E-state index contributed by atoms with van der Waals surface area (Å²) < 4.78 is 14.0. The highest BCUT2D eigenvalue weighted by Crippen LogP contribution is 2.39. The maximum atomic E-state index is 14.0. The first-order chi connectivity index (χ1) is 14.7. The van der Waals surface area contributed by atoms with Gasteiger partial charge in [0.1, 0.15) is 11.6 Å². The number of para-hydroxylation sites is 1. The quantitative estimate of drug-likeness (QED) is 0.816. The van der Waals surface area contributed by atoms with E-state index in [4.69, 9.17) is 4.99 Å². The van der Waals surface area contributed by atoms with E-state index < -0.39 is 0 Å². The average Bonchev–Trinajstić information content (AvgIpc) is 3.18. The molecule has 3 aliphatic rings. The van der Waals surface area contributed by atoms with Crippen LogP contribution < -0.4 is 10.2 Å². The number of phenolic OH excluding ortho intramolecular Hbond substituents is 1. The summed E-state index contributed by atoms with van der Waals surface area (Å²) >= 11 is 0. The molecule has 2 N–H and O–H groups in total. The van der Waals surface area contributed by atoms with E-state index in [2.05, 4.69) is 21.2 Å². The molecule has 158 valence electrons. The lowest BCUT2D eigenvalue weighted by Crippen LogP contribution is -2.47. The summed E-state index contributed by atoms with van der Waals surface area (Å²) in [6.45, 7) is 5.32. The number of hydrogen-bond donors (Lipinski definition) is 2. The standard InChI is InChI=1S/C24H29FN4O/c25-21-3-1-2-4-23(21)29-13-11-28(12-14-29)10-9-26-24-16-20-19-7-6-18(30)15-17(19)5-8-22(20)27-24/h1-4,6-7,15,20,22,30H,5,8-14,16H2,(H,26,27)/t20-,22?/m1/s1. The van der Waals surface area contributed by atoms with Crippen LogP contribution in [0.1, 0.15) is 29.9 Å². The van der Waals surface area contributed by atoms with Crippen LogP contribution in [0.15, 0.2) is 47.5 Å². The largest absolute Gasteiger partial charge is 0.508 e. The van der Waals surface area contributed by atoms with Gasteiger partial charge in [-0.2, -0.15) is 0 Å². The summed E-state index contributed by atoms with van der Waals surface area (Å²) in [6, 6.07) is 13.3. The minimum atomic E-state index is -0.136. The smallest absolute Gasteiger partial charge is 0.146 e. The van der Waals surface area contributed by atoms with Gasteiger partial charge < -0.3 is 15.3 Å². The van der Waals surface area contributed by atoms with Crippen LogP contribution in [-0.4, -0.2) is 61.2 Å². The van der Waals surface area contributed by atoms with Crippen molar-refractivity contribution >= 4 is 11.5 Å².